The highest BCUT2D eigenvalue weighted by molar-refractivity contribution is 7.16. The number of halogens is 1. The van der Waals surface area contributed by atoms with Gasteiger partial charge in [-0.15, -0.1) is 11.3 Å². The van der Waals surface area contributed by atoms with Gasteiger partial charge in [-0.2, -0.15) is 0 Å². The van der Waals surface area contributed by atoms with Crippen LogP contribution in [0.25, 0.3) is 0 Å². The van der Waals surface area contributed by atoms with E-state index in [9.17, 15) is 9.90 Å². The Morgan fingerprint density at radius 2 is 2.12 bits per heavy atom. The Bertz CT molecular complexity index is 779. The molecule has 2 heterocycles. The average molecular weight is 396 g/mol. The number of hydrogen-bond donors (Lipinski definition) is 1. The molecule has 26 heavy (non-hydrogen) atoms. The van der Waals surface area contributed by atoms with Crippen molar-refractivity contribution in [1.29, 1.82) is 0 Å². The zero-order chi connectivity index (χ0) is 18.7. The average Bonchev–Trinajstić information content (AvgIpc) is 3.08. The molecule has 5 nitrogen and oxygen atoms in total. The minimum atomic E-state index is -0.740. The number of aliphatic carboxylic acids is 1. The molecule has 1 fully saturated rings. The van der Waals surface area contributed by atoms with E-state index in [0.717, 1.165) is 34.9 Å². The molecule has 2 aromatic rings. The number of rotatable bonds is 6. The summed E-state index contributed by atoms with van der Waals surface area (Å²) in [6.45, 7) is 1.32. The van der Waals surface area contributed by atoms with Crippen LogP contribution in [0.2, 0.25) is 4.34 Å². The van der Waals surface area contributed by atoms with Crippen molar-refractivity contribution < 1.29 is 19.4 Å². The number of thiophene rings is 1. The molecule has 1 saturated heterocycles. The van der Waals surface area contributed by atoms with Crippen molar-refractivity contribution in [3.63, 3.8) is 0 Å². The molecule has 1 aliphatic rings. The molecule has 1 aliphatic heterocycles. The van der Waals surface area contributed by atoms with Gasteiger partial charge < -0.3 is 14.6 Å². The summed E-state index contributed by atoms with van der Waals surface area (Å²) in [5, 5.41) is 9.48. The van der Waals surface area contributed by atoms with Crippen molar-refractivity contribution in [1.82, 2.24) is 4.90 Å². The molecule has 0 radical (unpaired) electrons. The van der Waals surface area contributed by atoms with Crippen LogP contribution < -0.4 is 9.47 Å². The number of likely N-dealkylation sites (tertiary alicyclic amines) is 1. The van der Waals surface area contributed by atoms with Crippen LogP contribution in [-0.4, -0.2) is 43.3 Å². The lowest BCUT2D eigenvalue weighted by Gasteiger charge is -2.37. The van der Waals surface area contributed by atoms with Crippen molar-refractivity contribution >= 4 is 28.9 Å². The second kappa shape index (κ2) is 8.29. The number of hydrogen-bond acceptors (Lipinski definition) is 5. The third kappa shape index (κ3) is 3.98. The molecule has 2 atom stereocenters. The fourth-order valence-corrected chi connectivity index (χ4v) is 4.72. The smallest absolute Gasteiger partial charge is 0.307 e. The van der Waals surface area contributed by atoms with Crippen LogP contribution in [-0.2, 0) is 4.79 Å². The Morgan fingerprint density at radius 3 is 2.73 bits per heavy atom. The lowest BCUT2D eigenvalue weighted by molar-refractivity contribution is -0.143. The van der Waals surface area contributed by atoms with Gasteiger partial charge in [0.15, 0.2) is 0 Å². The first-order valence-corrected chi connectivity index (χ1v) is 9.67. The first-order valence-electron chi connectivity index (χ1n) is 8.47. The molecule has 140 valence electrons. The van der Waals surface area contributed by atoms with Crippen molar-refractivity contribution in [3.05, 3.63) is 45.1 Å². The van der Waals surface area contributed by atoms with Gasteiger partial charge in [0.2, 0.25) is 0 Å². The zero-order valence-corrected chi connectivity index (χ0v) is 16.3. The largest absolute Gasteiger partial charge is 0.497 e. The molecule has 0 bridgehead atoms. The summed E-state index contributed by atoms with van der Waals surface area (Å²) in [5.74, 6) is 0.381. The predicted octanol–water partition coefficient (Wildman–Crippen LogP) is 4.30. The van der Waals surface area contributed by atoms with Crippen molar-refractivity contribution in [2.45, 2.75) is 18.9 Å². The number of carboxylic acids is 1. The second-order valence-electron chi connectivity index (χ2n) is 6.32. The topological polar surface area (TPSA) is 59.0 Å². The number of piperidine rings is 1. The predicted molar refractivity (Wildman–Crippen MR) is 103 cm³/mol. The molecule has 0 saturated carbocycles. The van der Waals surface area contributed by atoms with E-state index in [0.29, 0.717) is 17.3 Å². The summed E-state index contributed by atoms with van der Waals surface area (Å²) < 4.78 is 11.7. The molecule has 2 unspecified atom stereocenters. The SMILES string of the molecule is COc1ccc(OC)c(C(c2ccc(Cl)s2)N2CCCC(C(=O)O)C2)c1. The maximum Gasteiger partial charge on any atom is 0.307 e. The third-order valence-corrected chi connectivity index (χ3v) is 6.05. The van der Waals surface area contributed by atoms with Crippen molar-refractivity contribution in [3.8, 4) is 11.5 Å². The molecule has 1 N–H and O–H groups in total. The van der Waals surface area contributed by atoms with Crippen LogP contribution in [0, 0.1) is 5.92 Å². The van der Waals surface area contributed by atoms with E-state index in [-0.39, 0.29) is 12.0 Å². The maximum absolute atomic E-state index is 11.5. The van der Waals surface area contributed by atoms with Crippen molar-refractivity contribution in [2.75, 3.05) is 27.3 Å². The van der Waals surface area contributed by atoms with E-state index in [1.807, 2.05) is 30.3 Å². The quantitative estimate of drug-likeness (QED) is 0.789. The van der Waals surface area contributed by atoms with E-state index >= 15 is 0 Å². The number of benzene rings is 1. The summed E-state index contributed by atoms with van der Waals surface area (Å²) in [6.07, 6.45) is 1.55. The van der Waals surface area contributed by atoms with E-state index < -0.39 is 5.97 Å². The first-order chi connectivity index (χ1) is 12.5. The summed E-state index contributed by atoms with van der Waals surface area (Å²) in [4.78, 5) is 14.8. The molecule has 3 rings (SSSR count). The fourth-order valence-electron chi connectivity index (χ4n) is 3.50. The molecular formula is C19H22ClNO4S. The zero-order valence-electron chi connectivity index (χ0n) is 14.8. The van der Waals surface area contributed by atoms with Gasteiger partial charge in [-0.3, -0.25) is 9.69 Å². The summed E-state index contributed by atoms with van der Waals surface area (Å²) >= 11 is 7.70. The Labute approximate surface area is 162 Å². The number of carboxylic acid groups (broad SMARTS) is 1. The molecule has 0 amide bonds. The molecule has 1 aromatic carbocycles. The number of methoxy groups -OCH3 is 2. The lowest BCUT2D eigenvalue weighted by atomic mass is 9.93. The van der Waals surface area contributed by atoms with Crippen LogP contribution in [0.5, 0.6) is 11.5 Å². The number of carbonyl (C=O) groups is 1. The Kier molecular flexibility index (Phi) is 6.06. The molecule has 1 aromatic heterocycles. The van der Waals surface area contributed by atoms with Gasteiger partial charge in [0, 0.05) is 17.0 Å². The molecule has 7 heteroatoms. The van der Waals surface area contributed by atoms with Gasteiger partial charge in [0.25, 0.3) is 0 Å². The van der Waals surface area contributed by atoms with E-state index in [2.05, 4.69) is 4.90 Å². The van der Waals surface area contributed by atoms with Crippen LogP contribution in [0.1, 0.15) is 29.3 Å². The van der Waals surface area contributed by atoms with Gasteiger partial charge in [-0.25, -0.2) is 0 Å². The van der Waals surface area contributed by atoms with Crippen LogP contribution in [0.15, 0.2) is 30.3 Å². The van der Waals surface area contributed by atoms with Gasteiger partial charge in [0.05, 0.1) is 30.5 Å². The highest BCUT2D eigenvalue weighted by Crippen LogP contribution is 2.42. The van der Waals surface area contributed by atoms with Gasteiger partial charge in [-0.05, 0) is 49.7 Å². The summed E-state index contributed by atoms with van der Waals surface area (Å²) in [5.41, 5.74) is 0.955. The van der Waals surface area contributed by atoms with Gasteiger partial charge in [-0.1, -0.05) is 11.6 Å². The van der Waals surface area contributed by atoms with E-state index in [1.165, 1.54) is 11.3 Å². The first kappa shape index (κ1) is 19.0. The minimum absolute atomic E-state index is 0.125. The van der Waals surface area contributed by atoms with Crippen LogP contribution in [0.3, 0.4) is 0 Å². The maximum atomic E-state index is 11.5. The molecular weight excluding hydrogens is 374 g/mol. The van der Waals surface area contributed by atoms with Crippen LogP contribution >= 0.6 is 22.9 Å². The van der Waals surface area contributed by atoms with E-state index in [4.69, 9.17) is 21.1 Å². The fraction of sp³-hybridized carbons (Fsp3) is 0.421. The Hall–Kier alpha value is -1.76. The minimum Gasteiger partial charge on any atom is -0.497 e. The second-order valence-corrected chi connectivity index (χ2v) is 8.07. The highest BCUT2D eigenvalue weighted by Gasteiger charge is 2.33. The summed E-state index contributed by atoms with van der Waals surface area (Å²) in [7, 11) is 3.27. The Morgan fingerprint density at radius 1 is 1.31 bits per heavy atom. The number of nitrogens with zero attached hydrogens (tertiary/aromatic N) is 1. The molecule has 0 aliphatic carbocycles. The van der Waals surface area contributed by atoms with Gasteiger partial charge >= 0.3 is 5.97 Å². The highest BCUT2D eigenvalue weighted by atomic mass is 35.5. The summed E-state index contributed by atoms with van der Waals surface area (Å²) in [6, 6.07) is 9.45. The third-order valence-electron chi connectivity index (χ3n) is 4.76. The van der Waals surface area contributed by atoms with E-state index in [1.54, 1.807) is 14.2 Å². The van der Waals surface area contributed by atoms with Crippen LogP contribution in [0.4, 0.5) is 0 Å². The normalized spacial score (nSPS) is 19.1. The number of ether oxygens (including phenoxy) is 2. The Balaban J connectivity index is 2.06. The monoisotopic (exact) mass is 395 g/mol. The van der Waals surface area contributed by atoms with Gasteiger partial charge in [0.1, 0.15) is 11.5 Å². The lowest BCUT2D eigenvalue weighted by Crippen LogP contribution is -2.41. The molecule has 0 spiro atoms. The van der Waals surface area contributed by atoms with Crippen molar-refractivity contribution in [2.24, 2.45) is 5.92 Å². The standard InChI is InChI=1S/C19H22ClNO4S/c1-24-13-5-6-15(25-2)14(10-13)18(16-7-8-17(20)26-16)21-9-3-4-12(11-21)19(22)23/h5-8,10,12,18H,3-4,9,11H2,1-2H3,(H,22,23).